The van der Waals surface area contributed by atoms with Crippen molar-refractivity contribution in [3.05, 3.63) is 88.9 Å². The molecule has 3 atom stereocenters. The van der Waals surface area contributed by atoms with E-state index in [1.54, 1.807) is 65.0 Å². The monoisotopic (exact) mass is 738 g/mol. The zero-order valence-corrected chi connectivity index (χ0v) is 31.7. The van der Waals surface area contributed by atoms with Crippen molar-refractivity contribution in [2.24, 2.45) is 0 Å². The number of hydrogen-bond donors (Lipinski definition) is 2. The maximum Gasteiger partial charge on any atom is 0.413 e. The van der Waals surface area contributed by atoms with Crippen molar-refractivity contribution in [3.8, 4) is 5.75 Å². The second-order valence-electron chi connectivity index (χ2n) is 14.0. The number of alkyl carbamates (subject to hydrolysis) is 1. The molecule has 0 saturated carbocycles. The maximum atomic E-state index is 14.4. The van der Waals surface area contributed by atoms with Crippen LogP contribution in [0.4, 0.5) is 9.59 Å². The number of amides is 2. The molecule has 1 heterocycles. The highest BCUT2D eigenvalue weighted by Crippen LogP contribution is 2.39. The zero-order chi connectivity index (χ0) is 38.1. The third-order valence-corrected chi connectivity index (χ3v) is 9.67. The first-order chi connectivity index (χ1) is 24.6. The zero-order valence-electron chi connectivity index (χ0n) is 30.9. The van der Waals surface area contributed by atoms with E-state index in [4.69, 9.17) is 23.7 Å². The number of carbonyl (C=O) groups is 4. The van der Waals surface area contributed by atoms with Crippen LogP contribution in [0.15, 0.2) is 77.8 Å². The van der Waals surface area contributed by atoms with Crippen molar-refractivity contribution >= 4 is 35.7 Å². The van der Waals surface area contributed by atoms with Crippen molar-refractivity contribution in [3.63, 3.8) is 0 Å². The summed E-state index contributed by atoms with van der Waals surface area (Å²) in [5.74, 6) is 0.371. The number of methoxy groups -OCH3 is 1. The Kier molecular flexibility index (Phi) is 13.8. The minimum absolute atomic E-state index is 0.0101. The average molecular weight is 739 g/mol. The van der Waals surface area contributed by atoms with Gasteiger partial charge in [0, 0.05) is 18.4 Å². The Bertz CT molecular complexity index is 1630. The molecule has 0 spiro atoms. The largest absolute Gasteiger partial charge is 0.508 e. The van der Waals surface area contributed by atoms with Gasteiger partial charge in [0.15, 0.2) is 11.5 Å². The summed E-state index contributed by atoms with van der Waals surface area (Å²) in [5, 5.41) is 13.0. The molecule has 282 valence electrons. The van der Waals surface area contributed by atoms with Crippen LogP contribution in [0.25, 0.3) is 0 Å². The third-order valence-electron chi connectivity index (χ3n) is 8.35. The molecular weight excluding hydrogens is 689 g/mol. The lowest BCUT2D eigenvalue weighted by molar-refractivity contribution is -0.143. The van der Waals surface area contributed by atoms with Crippen molar-refractivity contribution in [1.29, 1.82) is 0 Å². The second kappa shape index (κ2) is 17.8. The van der Waals surface area contributed by atoms with Gasteiger partial charge >= 0.3 is 18.2 Å². The normalized spacial score (nSPS) is 19.0. The molecule has 4 rings (SSSR count). The van der Waals surface area contributed by atoms with Crippen LogP contribution < -0.4 is 10.1 Å². The minimum atomic E-state index is -1.09. The predicted molar refractivity (Wildman–Crippen MR) is 197 cm³/mol. The summed E-state index contributed by atoms with van der Waals surface area (Å²) in [4.78, 5) is 54.0. The molecule has 2 amide bonds. The summed E-state index contributed by atoms with van der Waals surface area (Å²) in [6.07, 6.45) is 2.28. The smallest absolute Gasteiger partial charge is 0.413 e. The fraction of sp³-hybridized carbons (Fsp3) is 0.487. The highest BCUT2D eigenvalue weighted by atomic mass is 32.2. The number of esters is 1. The maximum absolute atomic E-state index is 14.4. The van der Waals surface area contributed by atoms with E-state index < -0.39 is 46.8 Å². The van der Waals surface area contributed by atoms with E-state index in [-0.39, 0.29) is 43.4 Å². The van der Waals surface area contributed by atoms with Gasteiger partial charge < -0.3 is 34.1 Å². The van der Waals surface area contributed by atoms with Crippen LogP contribution in [-0.2, 0) is 41.6 Å². The molecule has 2 aromatic carbocycles. The Labute approximate surface area is 309 Å². The van der Waals surface area contributed by atoms with Gasteiger partial charge in [-0.15, -0.1) is 11.8 Å². The topological polar surface area (TPSA) is 150 Å². The van der Waals surface area contributed by atoms with Crippen molar-refractivity contribution in [1.82, 2.24) is 10.2 Å². The van der Waals surface area contributed by atoms with Crippen LogP contribution in [0.3, 0.4) is 0 Å². The average Bonchev–Trinajstić information content (AvgIpc) is 3.42. The van der Waals surface area contributed by atoms with Gasteiger partial charge in [-0.25, -0.2) is 14.4 Å². The molecule has 0 bridgehead atoms. The van der Waals surface area contributed by atoms with Crippen LogP contribution in [0.5, 0.6) is 5.75 Å². The van der Waals surface area contributed by atoms with Gasteiger partial charge in [-0.1, -0.05) is 61.9 Å². The standard InChI is InChI=1S/C39H50N2O10S/c1-8-9-21-52-34-28(32(43)30-24-49-39(5,6)41(30)37(46)48-23-26-13-11-10-12-14-26)19-20-31(42)33(34)50-27-17-15-25(16-18-27)22-29(35(44)47-7)40-36(45)51-38(2,3)4/h10-19,29-30,34,42H,8-9,20-24H2,1-7H3,(H,40,45)/t29-,30-,34?/m0/s1. The van der Waals surface area contributed by atoms with Crippen LogP contribution in [-0.4, -0.2) is 82.1 Å². The lowest BCUT2D eigenvalue weighted by Gasteiger charge is -2.34. The molecule has 12 nitrogen and oxygen atoms in total. The number of ketones is 1. The molecule has 0 radical (unpaired) electrons. The Morgan fingerprint density at radius 2 is 1.75 bits per heavy atom. The number of nitrogens with one attached hydrogen (secondary N) is 1. The van der Waals surface area contributed by atoms with Gasteiger partial charge in [0.1, 0.15) is 41.5 Å². The molecule has 1 unspecified atom stereocenters. The SMILES string of the molecule is CCCCSC1C(C(=O)[C@@H]2COC(C)(C)N2C(=O)OCc2ccccc2)=CCC(O)=C1Oc1ccc(C[C@H](NC(=O)OC(C)(C)C)C(=O)OC)cc1. The molecule has 52 heavy (non-hydrogen) atoms. The van der Waals surface area contributed by atoms with Gasteiger partial charge in [0.25, 0.3) is 0 Å². The van der Waals surface area contributed by atoms with E-state index in [1.165, 1.54) is 23.8 Å². The van der Waals surface area contributed by atoms with Gasteiger partial charge in [-0.2, -0.15) is 0 Å². The summed E-state index contributed by atoms with van der Waals surface area (Å²) >= 11 is 1.48. The van der Waals surface area contributed by atoms with Crippen molar-refractivity contribution in [2.45, 2.75) is 102 Å². The molecule has 2 aliphatic rings. The molecule has 1 aliphatic heterocycles. The number of ether oxygens (including phenoxy) is 5. The highest BCUT2D eigenvalue weighted by Gasteiger charge is 2.50. The van der Waals surface area contributed by atoms with E-state index >= 15 is 0 Å². The number of carbonyl (C=O) groups excluding carboxylic acids is 4. The number of nitrogens with zero attached hydrogens (tertiary/aromatic N) is 1. The molecule has 1 saturated heterocycles. The van der Waals surface area contributed by atoms with Crippen molar-refractivity contribution < 1.29 is 48.0 Å². The summed E-state index contributed by atoms with van der Waals surface area (Å²) in [7, 11) is 1.24. The Balaban J connectivity index is 1.51. The van der Waals surface area contributed by atoms with Gasteiger partial charge in [0.2, 0.25) is 0 Å². The molecule has 2 aromatic rings. The summed E-state index contributed by atoms with van der Waals surface area (Å²) in [6.45, 7) is 10.7. The van der Waals surface area contributed by atoms with E-state index in [9.17, 15) is 24.3 Å². The first-order valence-electron chi connectivity index (χ1n) is 17.4. The summed E-state index contributed by atoms with van der Waals surface area (Å²) in [6, 6.07) is 14.2. The third kappa shape index (κ3) is 10.8. The van der Waals surface area contributed by atoms with Crippen molar-refractivity contribution in [2.75, 3.05) is 19.5 Å². The number of aliphatic hydroxyl groups excluding tert-OH is 1. The number of aliphatic hydroxyl groups is 1. The van der Waals surface area contributed by atoms with E-state index in [1.807, 2.05) is 30.3 Å². The van der Waals surface area contributed by atoms with E-state index in [2.05, 4.69) is 12.2 Å². The number of thioether (sulfide) groups is 1. The van der Waals surface area contributed by atoms with Gasteiger partial charge in [-0.3, -0.25) is 9.69 Å². The molecule has 1 aliphatic carbocycles. The Morgan fingerprint density at radius 3 is 2.38 bits per heavy atom. The van der Waals surface area contributed by atoms with E-state index in [0.717, 1.165) is 18.4 Å². The van der Waals surface area contributed by atoms with Crippen LogP contribution in [0, 0.1) is 0 Å². The molecule has 2 N–H and O–H groups in total. The molecular formula is C39H50N2O10S. The minimum Gasteiger partial charge on any atom is -0.508 e. The Hall–Kier alpha value is -4.49. The first kappa shape index (κ1) is 40.3. The van der Waals surface area contributed by atoms with E-state index in [0.29, 0.717) is 22.6 Å². The predicted octanol–water partition coefficient (Wildman–Crippen LogP) is 7.02. The number of hydrogen-bond acceptors (Lipinski definition) is 11. The summed E-state index contributed by atoms with van der Waals surface area (Å²) in [5.41, 5.74) is 0.0862. The molecule has 0 aromatic heterocycles. The Morgan fingerprint density at radius 1 is 1.06 bits per heavy atom. The number of unbranched alkanes of at least 4 members (excludes halogenated alkanes) is 1. The van der Waals surface area contributed by atoms with Gasteiger partial charge in [-0.05, 0) is 70.1 Å². The summed E-state index contributed by atoms with van der Waals surface area (Å²) < 4.78 is 28.1. The van der Waals surface area contributed by atoms with Crippen LogP contribution >= 0.6 is 11.8 Å². The number of benzene rings is 2. The highest BCUT2D eigenvalue weighted by molar-refractivity contribution is 8.00. The number of allylic oxidation sites excluding steroid dienone is 1. The molecule has 1 fully saturated rings. The first-order valence-corrected chi connectivity index (χ1v) is 18.4. The van der Waals surface area contributed by atoms with Crippen LogP contribution in [0.1, 0.15) is 71.9 Å². The molecule has 13 heteroatoms. The fourth-order valence-electron chi connectivity index (χ4n) is 5.73. The lowest BCUT2D eigenvalue weighted by Crippen LogP contribution is -2.51. The second-order valence-corrected chi connectivity index (χ2v) is 15.2. The quantitative estimate of drug-likeness (QED) is 0.117. The number of rotatable bonds is 14. The van der Waals surface area contributed by atoms with Crippen LogP contribution in [0.2, 0.25) is 0 Å². The van der Waals surface area contributed by atoms with Gasteiger partial charge in [0.05, 0.1) is 19.0 Å². The fourth-order valence-corrected chi connectivity index (χ4v) is 7.14. The number of Topliss-reactive ketones (excluding diaryl/α,β-unsaturated/α-hetero) is 1. The lowest BCUT2D eigenvalue weighted by atomic mass is 9.94.